The first-order valence-electron chi connectivity index (χ1n) is 6.91. The number of aryl methyl sites for hydroxylation is 1. The summed E-state index contributed by atoms with van der Waals surface area (Å²) < 4.78 is 1.39. The maximum Gasteiger partial charge on any atom is 0.274 e. The van der Waals surface area contributed by atoms with Crippen molar-refractivity contribution in [2.45, 2.75) is 19.4 Å². The van der Waals surface area contributed by atoms with Gasteiger partial charge in [0.05, 0.1) is 5.39 Å². The Bertz CT molecular complexity index is 648. The van der Waals surface area contributed by atoms with Crippen molar-refractivity contribution in [1.82, 2.24) is 14.7 Å². The van der Waals surface area contributed by atoms with E-state index in [4.69, 9.17) is 0 Å². The molecule has 1 N–H and O–H groups in total. The van der Waals surface area contributed by atoms with Gasteiger partial charge in [0.15, 0.2) is 5.82 Å². The lowest BCUT2D eigenvalue weighted by Gasteiger charge is -2.23. The summed E-state index contributed by atoms with van der Waals surface area (Å²) in [7, 11) is 5.83. The van der Waals surface area contributed by atoms with E-state index >= 15 is 0 Å². The first-order chi connectivity index (χ1) is 9.54. The summed E-state index contributed by atoms with van der Waals surface area (Å²) in [6.07, 6.45) is 1.06. The van der Waals surface area contributed by atoms with Gasteiger partial charge in [-0.25, -0.2) is 4.68 Å². The lowest BCUT2D eigenvalue weighted by molar-refractivity contribution is 0.298. The zero-order valence-corrected chi connectivity index (χ0v) is 12.6. The zero-order chi connectivity index (χ0) is 14.7. The van der Waals surface area contributed by atoms with Crippen LogP contribution in [0.2, 0.25) is 0 Å². The first-order valence-corrected chi connectivity index (χ1v) is 6.91. The van der Waals surface area contributed by atoms with E-state index in [1.807, 2.05) is 24.3 Å². The van der Waals surface area contributed by atoms with E-state index in [0.717, 1.165) is 24.2 Å². The summed E-state index contributed by atoms with van der Waals surface area (Å²) in [6, 6.07) is 8.02. The van der Waals surface area contributed by atoms with Gasteiger partial charge in [-0.15, -0.1) is 0 Å². The molecular weight excluding hydrogens is 252 g/mol. The average Bonchev–Trinajstić information content (AvgIpc) is 2.44. The largest absolute Gasteiger partial charge is 0.367 e. The smallest absolute Gasteiger partial charge is 0.274 e. The van der Waals surface area contributed by atoms with Crippen molar-refractivity contribution in [2.24, 2.45) is 7.05 Å². The molecule has 1 atom stereocenters. The van der Waals surface area contributed by atoms with Gasteiger partial charge in [0.1, 0.15) is 0 Å². The number of fused-ring (bicyclic) bond motifs is 1. The lowest BCUT2D eigenvalue weighted by Crippen LogP contribution is -2.34. The summed E-state index contributed by atoms with van der Waals surface area (Å²) in [5, 5.41) is 9.29. The molecule has 20 heavy (non-hydrogen) atoms. The number of hydrogen-bond acceptors (Lipinski definition) is 4. The zero-order valence-electron chi connectivity index (χ0n) is 12.6. The summed E-state index contributed by atoms with van der Waals surface area (Å²) >= 11 is 0. The van der Waals surface area contributed by atoms with Gasteiger partial charge in [-0.3, -0.25) is 4.79 Å². The highest BCUT2D eigenvalue weighted by Gasteiger charge is 2.12. The van der Waals surface area contributed by atoms with Gasteiger partial charge >= 0.3 is 0 Å². The Morgan fingerprint density at radius 2 is 1.95 bits per heavy atom. The highest BCUT2D eigenvalue weighted by atomic mass is 16.1. The molecule has 0 radical (unpaired) electrons. The Hall–Kier alpha value is -1.88. The van der Waals surface area contributed by atoms with Crippen molar-refractivity contribution in [3.63, 3.8) is 0 Å². The molecular formula is C15H22N4O. The van der Waals surface area contributed by atoms with Crippen LogP contribution < -0.4 is 10.9 Å². The maximum absolute atomic E-state index is 12.0. The van der Waals surface area contributed by atoms with Gasteiger partial charge in [0.2, 0.25) is 0 Å². The molecule has 0 aliphatic rings. The SMILES string of the molecule is CCC(CNc1nn(C)c(=O)c2ccccc12)N(C)C. The van der Waals surface area contributed by atoms with Crippen LogP contribution in [-0.4, -0.2) is 41.4 Å². The van der Waals surface area contributed by atoms with Crippen LogP contribution in [0.15, 0.2) is 29.1 Å². The van der Waals surface area contributed by atoms with Crippen LogP contribution in [0.1, 0.15) is 13.3 Å². The molecule has 0 aliphatic carbocycles. The molecule has 0 spiro atoms. The Morgan fingerprint density at radius 3 is 2.55 bits per heavy atom. The number of aromatic nitrogens is 2. The Morgan fingerprint density at radius 1 is 1.30 bits per heavy atom. The van der Waals surface area contributed by atoms with Gasteiger partial charge in [-0.2, -0.15) is 5.10 Å². The molecule has 1 unspecified atom stereocenters. The molecule has 0 fully saturated rings. The molecule has 0 saturated carbocycles. The van der Waals surface area contributed by atoms with Gasteiger partial charge in [0, 0.05) is 25.0 Å². The van der Waals surface area contributed by atoms with Crippen LogP contribution in [0.5, 0.6) is 0 Å². The summed E-state index contributed by atoms with van der Waals surface area (Å²) in [6.45, 7) is 2.97. The topological polar surface area (TPSA) is 50.2 Å². The molecule has 0 amide bonds. The highest BCUT2D eigenvalue weighted by molar-refractivity contribution is 5.90. The predicted octanol–water partition coefficient (Wildman–Crippen LogP) is 1.69. The summed E-state index contributed by atoms with van der Waals surface area (Å²) in [5.74, 6) is 0.767. The van der Waals surface area contributed by atoms with Crippen molar-refractivity contribution >= 4 is 16.6 Å². The Kier molecular flexibility index (Phi) is 4.39. The third kappa shape index (κ3) is 2.82. The van der Waals surface area contributed by atoms with Crippen LogP contribution in [0.25, 0.3) is 10.8 Å². The van der Waals surface area contributed by atoms with Gasteiger partial charge in [0.25, 0.3) is 5.56 Å². The van der Waals surface area contributed by atoms with E-state index in [1.54, 1.807) is 7.05 Å². The van der Waals surface area contributed by atoms with Gasteiger partial charge in [-0.1, -0.05) is 25.1 Å². The summed E-state index contributed by atoms with van der Waals surface area (Å²) in [5.41, 5.74) is -0.0641. The quantitative estimate of drug-likeness (QED) is 0.901. The molecule has 2 aromatic rings. The second-order valence-corrected chi connectivity index (χ2v) is 5.23. The number of likely N-dealkylation sites (N-methyl/N-ethyl adjacent to an activating group) is 1. The monoisotopic (exact) mass is 274 g/mol. The minimum atomic E-state index is -0.0641. The molecule has 0 aliphatic heterocycles. The minimum Gasteiger partial charge on any atom is -0.367 e. The second-order valence-electron chi connectivity index (χ2n) is 5.23. The fourth-order valence-electron chi connectivity index (χ4n) is 2.34. The second kappa shape index (κ2) is 6.05. The Balaban J connectivity index is 2.35. The van der Waals surface area contributed by atoms with E-state index < -0.39 is 0 Å². The number of hydrogen-bond donors (Lipinski definition) is 1. The van der Waals surface area contributed by atoms with E-state index in [2.05, 4.69) is 36.3 Å². The normalized spacial score (nSPS) is 12.8. The molecule has 0 saturated heterocycles. The number of nitrogens with one attached hydrogen (secondary N) is 1. The van der Waals surface area contributed by atoms with Crippen molar-refractivity contribution in [3.05, 3.63) is 34.6 Å². The fraction of sp³-hybridized carbons (Fsp3) is 0.467. The number of rotatable bonds is 5. The minimum absolute atomic E-state index is 0.0641. The molecule has 0 bridgehead atoms. The Labute approximate surface area is 119 Å². The first kappa shape index (κ1) is 14.5. The molecule has 1 aromatic heterocycles. The standard InChI is InChI=1S/C15H22N4O/c1-5-11(18(2)3)10-16-14-12-8-6-7-9-13(12)15(20)19(4)17-14/h6-9,11H,5,10H2,1-4H3,(H,16,17). The van der Waals surface area contributed by atoms with E-state index in [-0.39, 0.29) is 5.56 Å². The number of anilines is 1. The van der Waals surface area contributed by atoms with Crippen molar-refractivity contribution < 1.29 is 0 Å². The van der Waals surface area contributed by atoms with Gasteiger partial charge in [-0.05, 0) is 26.6 Å². The van der Waals surface area contributed by atoms with Crippen LogP contribution in [0.3, 0.4) is 0 Å². The molecule has 5 heteroatoms. The average molecular weight is 274 g/mol. The van der Waals surface area contributed by atoms with Gasteiger partial charge < -0.3 is 10.2 Å². The van der Waals surface area contributed by atoms with E-state index in [9.17, 15) is 4.79 Å². The predicted molar refractivity (Wildman–Crippen MR) is 83.2 cm³/mol. The summed E-state index contributed by atoms with van der Waals surface area (Å²) in [4.78, 5) is 14.2. The fourth-order valence-corrected chi connectivity index (χ4v) is 2.34. The maximum atomic E-state index is 12.0. The van der Waals surface area contributed by atoms with Crippen molar-refractivity contribution in [1.29, 1.82) is 0 Å². The van der Waals surface area contributed by atoms with E-state index in [1.165, 1.54) is 4.68 Å². The molecule has 108 valence electrons. The van der Waals surface area contributed by atoms with Crippen LogP contribution >= 0.6 is 0 Å². The molecule has 5 nitrogen and oxygen atoms in total. The van der Waals surface area contributed by atoms with E-state index in [0.29, 0.717) is 11.4 Å². The third-order valence-electron chi connectivity index (χ3n) is 3.66. The van der Waals surface area contributed by atoms with Crippen molar-refractivity contribution in [2.75, 3.05) is 26.0 Å². The van der Waals surface area contributed by atoms with Crippen molar-refractivity contribution in [3.8, 4) is 0 Å². The molecule has 1 heterocycles. The number of nitrogens with zero attached hydrogens (tertiary/aromatic N) is 3. The van der Waals surface area contributed by atoms with Crippen LogP contribution in [0, 0.1) is 0 Å². The molecule has 1 aromatic carbocycles. The third-order valence-corrected chi connectivity index (χ3v) is 3.66. The van der Waals surface area contributed by atoms with Crippen LogP contribution in [-0.2, 0) is 7.05 Å². The highest BCUT2D eigenvalue weighted by Crippen LogP contribution is 2.17. The molecule has 2 rings (SSSR count). The van der Waals surface area contributed by atoms with Crippen LogP contribution in [0.4, 0.5) is 5.82 Å². The lowest BCUT2D eigenvalue weighted by atomic mass is 10.1. The number of benzene rings is 1.